The maximum absolute atomic E-state index is 4.32. The Morgan fingerprint density at radius 2 is 2.38 bits per heavy atom. The van der Waals surface area contributed by atoms with Gasteiger partial charge in [0, 0.05) is 12.2 Å². The lowest BCUT2D eigenvalue weighted by Crippen LogP contribution is -2.15. The molecule has 1 heterocycles. The van der Waals surface area contributed by atoms with Gasteiger partial charge in [-0.25, -0.2) is 0 Å². The summed E-state index contributed by atoms with van der Waals surface area (Å²) in [5.74, 6) is 0. The first kappa shape index (κ1) is 8.75. The monoisotopic (exact) mass is 179 g/mol. The molecule has 0 aromatic carbocycles. The van der Waals surface area contributed by atoms with Gasteiger partial charge >= 0.3 is 0 Å². The standard InChI is InChI=1S/C10H17N3/c1-2-6-11-7-10-8-4-3-5-9(8)12-13-10/h11H,2-7H2,1H3,(H,12,13). The number of nitrogens with zero attached hydrogens (tertiary/aromatic N) is 1. The number of hydrogen-bond acceptors (Lipinski definition) is 2. The summed E-state index contributed by atoms with van der Waals surface area (Å²) in [6, 6.07) is 0. The minimum atomic E-state index is 0.930. The Balaban J connectivity index is 1.96. The highest BCUT2D eigenvalue weighted by atomic mass is 15.1. The van der Waals surface area contributed by atoms with Crippen molar-refractivity contribution in [3.8, 4) is 0 Å². The summed E-state index contributed by atoms with van der Waals surface area (Å²) in [5.41, 5.74) is 4.08. The summed E-state index contributed by atoms with van der Waals surface area (Å²) in [7, 11) is 0. The van der Waals surface area contributed by atoms with Gasteiger partial charge in [0.15, 0.2) is 0 Å². The molecule has 1 aliphatic carbocycles. The van der Waals surface area contributed by atoms with Gasteiger partial charge in [-0.3, -0.25) is 5.10 Å². The molecule has 0 saturated carbocycles. The zero-order valence-electron chi connectivity index (χ0n) is 8.19. The third-order valence-corrected chi connectivity index (χ3v) is 2.61. The number of aromatic nitrogens is 2. The van der Waals surface area contributed by atoms with Crippen LogP contribution >= 0.6 is 0 Å². The molecule has 13 heavy (non-hydrogen) atoms. The van der Waals surface area contributed by atoms with Crippen molar-refractivity contribution in [3.63, 3.8) is 0 Å². The van der Waals surface area contributed by atoms with Crippen LogP contribution in [0.4, 0.5) is 0 Å². The molecule has 0 radical (unpaired) electrons. The van der Waals surface area contributed by atoms with Crippen molar-refractivity contribution in [1.82, 2.24) is 15.5 Å². The molecule has 3 heteroatoms. The quantitative estimate of drug-likeness (QED) is 0.686. The Kier molecular flexibility index (Phi) is 2.64. The van der Waals surface area contributed by atoms with Crippen molar-refractivity contribution in [1.29, 1.82) is 0 Å². The molecule has 0 bridgehead atoms. The molecule has 0 unspecified atom stereocenters. The summed E-state index contributed by atoms with van der Waals surface area (Å²) in [4.78, 5) is 0. The van der Waals surface area contributed by atoms with Crippen LogP contribution in [0.5, 0.6) is 0 Å². The predicted octanol–water partition coefficient (Wildman–Crippen LogP) is 1.40. The van der Waals surface area contributed by atoms with Crippen LogP contribution in [0.15, 0.2) is 0 Å². The number of aromatic amines is 1. The minimum absolute atomic E-state index is 0.930. The van der Waals surface area contributed by atoms with E-state index in [2.05, 4.69) is 22.4 Å². The third kappa shape index (κ3) is 1.75. The molecule has 0 fully saturated rings. The maximum Gasteiger partial charge on any atom is 0.0794 e. The van der Waals surface area contributed by atoms with E-state index >= 15 is 0 Å². The number of hydrogen-bond donors (Lipinski definition) is 2. The van der Waals surface area contributed by atoms with E-state index in [9.17, 15) is 0 Å². The van der Waals surface area contributed by atoms with E-state index in [4.69, 9.17) is 0 Å². The van der Waals surface area contributed by atoms with Crippen molar-refractivity contribution in [2.24, 2.45) is 0 Å². The number of aryl methyl sites for hydroxylation is 1. The molecule has 0 spiro atoms. The second-order valence-corrected chi connectivity index (χ2v) is 3.66. The zero-order valence-corrected chi connectivity index (χ0v) is 8.19. The molecule has 1 aromatic heterocycles. The molecular weight excluding hydrogens is 162 g/mol. The normalized spacial score (nSPS) is 14.8. The molecule has 2 N–H and O–H groups in total. The first-order valence-corrected chi connectivity index (χ1v) is 5.17. The number of nitrogens with one attached hydrogen (secondary N) is 2. The number of rotatable bonds is 4. The van der Waals surface area contributed by atoms with Gasteiger partial charge in [-0.2, -0.15) is 5.10 Å². The van der Waals surface area contributed by atoms with Crippen molar-refractivity contribution in [2.45, 2.75) is 39.2 Å². The Morgan fingerprint density at radius 1 is 1.46 bits per heavy atom. The molecule has 1 aromatic rings. The fourth-order valence-electron chi connectivity index (χ4n) is 1.92. The molecule has 1 aliphatic rings. The summed E-state index contributed by atoms with van der Waals surface area (Å²) in [6.07, 6.45) is 4.89. The lowest BCUT2D eigenvalue weighted by atomic mass is 10.2. The Bertz CT molecular complexity index is 278. The molecule has 0 amide bonds. The Morgan fingerprint density at radius 3 is 3.23 bits per heavy atom. The summed E-state index contributed by atoms with van der Waals surface area (Å²) >= 11 is 0. The maximum atomic E-state index is 4.32. The molecule has 3 nitrogen and oxygen atoms in total. The van der Waals surface area contributed by atoms with E-state index in [1.54, 1.807) is 0 Å². The van der Waals surface area contributed by atoms with Gasteiger partial charge in [-0.1, -0.05) is 6.92 Å². The lowest BCUT2D eigenvalue weighted by Gasteiger charge is -2.00. The van der Waals surface area contributed by atoms with Crippen LogP contribution in [0.3, 0.4) is 0 Å². The SMILES string of the molecule is CCCNCc1n[nH]c2c1CCC2. The lowest BCUT2D eigenvalue weighted by molar-refractivity contribution is 0.656. The molecular formula is C10H17N3. The largest absolute Gasteiger partial charge is 0.311 e. The van der Waals surface area contributed by atoms with Crippen LogP contribution in [0.1, 0.15) is 36.7 Å². The fraction of sp³-hybridized carbons (Fsp3) is 0.700. The van der Waals surface area contributed by atoms with E-state index < -0.39 is 0 Å². The van der Waals surface area contributed by atoms with Crippen LogP contribution in [0.25, 0.3) is 0 Å². The highest BCUT2D eigenvalue weighted by Crippen LogP contribution is 2.22. The number of H-pyrrole nitrogens is 1. The van der Waals surface area contributed by atoms with Crippen LogP contribution in [-0.2, 0) is 19.4 Å². The van der Waals surface area contributed by atoms with E-state index in [1.807, 2.05) is 0 Å². The highest BCUT2D eigenvalue weighted by molar-refractivity contribution is 5.29. The topological polar surface area (TPSA) is 40.7 Å². The van der Waals surface area contributed by atoms with Gasteiger partial charge in [0.2, 0.25) is 0 Å². The van der Waals surface area contributed by atoms with Crippen LogP contribution in [0.2, 0.25) is 0 Å². The van der Waals surface area contributed by atoms with Crippen LogP contribution < -0.4 is 5.32 Å². The van der Waals surface area contributed by atoms with Crippen molar-refractivity contribution < 1.29 is 0 Å². The van der Waals surface area contributed by atoms with Gasteiger partial charge in [0.1, 0.15) is 0 Å². The van der Waals surface area contributed by atoms with E-state index in [0.717, 1.165) is 13.1 Å². The third-order valence-electron chi connectivity index (χ3n) is 2.61. The van der Waals surface area contributed by atoms with Crippen molar-refractivity contribution in [3.05, 3.63) is 17.0 Å². The van der Waals surface area contributed by atoms with Crippen molar-refractivity contribution >= 4 is 0 Å². The van der Waals surface area contributed by atoms with Gasteiger partial charge in [0.25, 0.3) is 0 Å². The van der Waals surface area contributed by atoms with Gasteiger partial charge in [-0.05, 0) is 37.8 Å². The van der Waals surface area contributed by atoms with Crippen LogP contribution in [-0.4, -0.2) is 16.7 Å². The van der Waals surface area contributed by atoms with Crippen molar-refractivity contribution in [2.75, 3.05) is 6.54 Å². The first-order valence-electron chi connectivity index (χ1n) is 5.17. The fourth-order valence-corrected chi connectivity index (χ4v) is 1.92. The predicted molar refractivity (Wildman–Crippen MR) is 52.6 cm³/mol. The molecule has 0 atom stereocenters. The first-order chi connectivity index (χ1) is 6.42. The Hall–Kier alpha value is -0.830. The number of fused-ring (bicyclic) bond motifs is 1. The van der Waals surface area contributed by atoms with Crippen LogP contribution in [0, 0.1) is 0 Å². The summed E-state index contributed by atoms with van der Waals surface area (Å²) in [5, 5.41) is 10.8. The molecule has 72 valence electrons. The summed E-state index contributed by atoms with van der Waals surface area (Å²) in [6.45, 7) is 4.20. The van der Waals surface area contributed by atoms with Gasteiger partial charge in [0.05, 0.1) is 5.69 Å². The smallest absolute Gasteiger partial charge is 0.0794 e. The summed E-state index contributed by atoms with van der Waals surface area (Å²) < 4.78 is 0. The zero-order chi connectivity index (χ0) is 9.10. The van der Waals surface area contributed by atoms with E-state index in [1.165, 1.54) is 42.6 Å². The second-order valence-electron chi connectivity index (χ2n) is 3.66. The minimum Gasteiger partial charge on any atom is -0.311 e. The Labute approximate surface area is 78.9 Å². The van der Waals surface area contributed by atoms with Gasteiger partial charge < -0.3 is 5.32 Å². The second kappa shape index (κ2) is 3.92. The average molecular weight is 179 g/mol. The average Bonchev–Trinajstić information content (AvgIpc) is 2.68. The molecule has 0 saturated heterocycles. The highest BCUT2D eigenvalue weighted by Gasteiger charge is 2.17. The van der Waals surface area contributed by atoms with E-state index in [0.29, 0.717) is 0 Å². The molecule has 0 aliphatic heterocycles. The molecule has 2 rings (SSSR count). The van der Waals surface area contributed by atoms with Gasteiger partial charge in [-0.15, -0.1) is 0 Å². The van der Waals surface area contributed by atoms with E-state index in [-0.39, 0.29) is 0 Å².